The number of carboxylic acid groups (broad SMARTS) is 1. The Morgan fingerprint density at radius 1 is 0.958 bits per heavy atom. The Morgan fingerprint density at radius 2 is 1.58 bits per heavy atom. The van der Waals surface area contributed by atoms with Gasteiger partial charge in [0.1, 0.15) is 11.3 Å². The van der Waals surface area contributed by atoms with E-state index < -0.39 is 17.6 Å². The van der Waals surface area contributed by atoms with E-state index in [4.69, 9.17) is 5.11 Å². The van der Waals surface area contributed by atoms with Gasteiger partial charge in [-0.05, 0) is 36.4 Å². The Bertz CT molecular complexity index is 784. The molecule has 0 aliphatic heterocycles. The molecule has 0 saturated carbocycles. The zero-order chi connectivity index (χ0) is 17.7. The number of benzene rings is 2. The lowest BCUT2D eigenvalue weighted by atomic mass is 10.1. The Morgan fingerprint density at radius 3 is 2.12 bits per heavy atom. The average molecular weight is 328 g/mol. The Kier molecular flexibility index (Phi) is 5.16. The van der Waals surface area contributed by atoms with Gasteiger partial charge in [-0.2, -0.15) is 0 Å². The number of hydrogen-bond acceptors (Lipinski definition) is 4. The minimum Gasteiger partial charge on any atom is -0.507 e. The highest BCUT2D eigenvalue weighted by Crippen LogP contribution is 2.22. The number of hydrogen-bond donors (Lipinski definition) is 4. The minimum absolute atomic E-state index is 0.124. The van der Waals surface area contributed by atoms with Gasteiger partial charge in [0.25, 0.3) is 5.91 Å². The highest BCUT2D eigenvalue weighted by atomic mass is 16.4. The van der Waals surface area contributed by atoms with Gasteiger partial charge >= 0.3 is 5.97 Å². The molecule has 0 saturated heterocycles. The molecule has 0 atom stereocenters. The number of carbonyl (C=O) groups excluding carboxylic acids is 2. The summed E-state index contributed by atoms with van der Waals surface area (Å²) >= 11 is 0. The summed E-state index contributed by atoms with van der Waals surface area (Å²) in [4.78, 5) is 34.3. The van der Waals surface area contributed by atoms with E-state index in [-0.39, 0.29) is 17.2 Å². The van der Waals surface area contributed by atoms with Crippen molar-refractivity contribution >= 4 is 29.2 Å². The van der Waals surface area contributed by atoms with Crippen molar-refractivity contribution < 1.29 is 24.6 Å². The van der Waals surface area contributed by atoms with Crippen LogP contribution in [0.2, 0.25) is 0 Å². The van der Waals surface area contributed by atoms with Gasteiger partial charge in [0.05, 0.1) is 0 Å². The fourth-order valence-electron chi connectivity index (χ4n) is 1.95. The van der Waals surface area contributed by atoms with Crippen LogP contribution in [0, 0.1) is 0 Å². The number of carbonyl (C=O) groups is 3. The van der Waals surface area contributed by atoms with Gasteiger partial charge < -0.3 is 20.8 Å². The molecule has 7 nitrogen and oxygen atoms in total. The van der Waals surface area contributed by atoms with Gasteiger partial charge in [-0.15, -0.1) is 0 Å². The molecule has 2 rings (SSSR count). The quantitative estimate of drug-likeness (QED) is 0.673. The first-order valence-electron chi connectivity index (χ1n) is 7.18. The van der Waals surface area contributed by atoms with Gasteiger partial charge in [0, 0.05) is 29.4 Å². The molecule has 0 bridgehead atoms. The van der Waals surface area contributed by atoms with Crippen LogP contribution >= 0.6 is 0 Å². The van der Waals surface area contributed by atoms with Crippen LogP contribution in [0.4, 0.5) is 11.4 Å². The summed E-state index contributed by atoms with van der Waals surface area (Å²) in [6.07, 6.45) is 0.359. The molecule has 124 valence electrons. The molecule has 0 aliphatic rings. The van der Waals surface area contributed by atoms with Gasteiger partial charge in [0.15, 0.2) is 0 Å². The molecule has 0 heterocycles. The topological polar surface area (TPSA) is 116 Å². The lowest BCUT2D eigenvalue weighted by molar-refractivity contribution is -0.115. The number of anilines is 2. The summed E-state index contributed by atoms with van der Waals surface area (Å²) in [5.74, 6) is -2.24. The molecule has 0 unspecified atom stereocenters. The lowest BCUT2D eigenvalue weighted by Gasteiger charge is -2.08. The van der Waals surface area contributed by atoms with Crippen molar-refractivity contribution in [1.29, 1.82) is 0 Å². The van der Waals surface area contributed by atoms with Gasteiger partial charge in [-0.3, -0.25) is 9.59 Å². The molecule has 0 aromatic heterocycles. The summed E-state index contributed by atoms with van der Waals surface area (Å²) < 4.78 is 0. The normalized spacial score (nSPS) is 10.0. The molecule has 0 aliphatic carbocycles. The summed E-state index contributed by atoms with van der Waals surface area (Å²) in [5.41, 5.74) is 0.961. The highest BCUT2D eigenvalue weighted by molar-refractivity contribution is 6.05. The number of rotatable bonds is 5. The first kappa shape index (κ1) is 17.0. The smallest absolute Gasteiger partial charge is 0.339 e. The maximum Gasteiger partial charge on any atom is 0.339 e. The number of aromatic hydroxyl groups is 1. The average Bonchev–Trinajstić information content (AvgIpc) is 2.55. The second kappa shape index (κ2) is 7.28. The molecule has 0 radical (unpaired) electrons. The van der Waals surface area contributed by atoms with Crippen LogP contribution in [0.15, 0.2) is 42.5 Å². The third-order valence-electron chi connectivity index (χ3n) is 3.24. The van der Waals surface area contributed by atoms with Gasteiger partial charge in [-0.1, -0.05) is 6.92 Å². The Balaban J connectivity index is 2.08. The molecule has 7 heteroatoms. The first-order chi connectivity index (χ1) is 11.4. The summed E-state index contributed by atoms with van der Waals surface area (Å²) in [6.45, 7) is 1.74. The maximum atomic E-state index is 12.1. The van der Waals surface area contributed by atoms with Crippen LogP contribution in [0.1, 0.15) is 34.1 Å². The van der Waals surface area contributed by atoms with Crippen molar-refractivity contribution in [1.82, 2.24) is 0 Å². The second-order valence-corrected chi connectivity index (χ2v) is 4.97. The Labute approximate surface area is 137 Å². The van der Waals surface area contributed by atoms with E-state index in [1.54, 1.807) is 31.2 Å². The van der Waals surface area contributed by atoms with E-state index in [1.165, 1.54) is 12.1 Å². The van der Waals surface area contributed by atoms with Crippen LogP contribution in [-0.4, -0.2) is 28.0 Å². The summed E-state index contributed by atoms with van der Waals surface area (Å²) in [6, 6.07) is 10.1. The van der Waals surface area contributed by atoms with E-state index in [2.05, 4.69) is 10.6 Å². The van der Waals surface area contributed by atoms with Gasteiger partial charge in [-0.25, -0.2) is 4.79 Å². The maximum absolute atomic E-state index is 12.1. The molecule has 2 aromatic rings. The van der Waals surface area contributed by atoms with Crippen molar-refractivity contribution in [3.8, 4) is 5.75 Å². The predicted molar refractivity (Wildman–Crippen MR) is 88.4 cm³/mol. The van der Waals surface area contributed by atoms with E-state index in [9.17, 15) is 19.5 Å². The standard InChI is InChI=1S/C17H16N2O5/c1-2-15(21)18-11-5-3-10(4-6-11)16(22)19-12-7-8-13(17(23)24)14(20)9-12/h3-9,20H,2H2,1H3,(H,18,21)(H,19,22)(H,23,24). The number of carboxylic acids is 1. The number of aromatic carboxylic acids is 1. The number of amides is 2. The third kappa shape index (κ3) is 4.10. The number of nitrogens with one attached hydrogen (secondary N) is 2. The third-order valence-corrected chi connectivity index (χ3v) is 3.24. The minimum atomic E-state index is -1.25. The fraction of sp³-hybridized carbons (Fsp3) is 0.118. The van der Waals surface area contributed by atoms with Crippen molar-refractivity contribution in [2.45, 2.75) is 13.3 Å². The molecular weight excluding hydrogens is 312 g/mol. The zero-order valence-corrected chi connectivity index (χ0v) is 12.9. The van der Waals surface area contributed by atoms with Crippen LogP contribution in [0.3, 0.4) is 0 Å². The molecule has 0 fully saturated rings. The monoisotopic (exact) mass is 328 g/mol. The van der Waals surface area contributed by atoms with Crippen molar-refractivity contribution in [3.63, 3.8) is 0 Å². The molecule has 24 heavy (non-hydrogen) atoms. The number of phenols is 1. The van der Waals surface area contributed by atoms with E-state index in [0.29, 0.717) is 17.7 Å². The predicted octanol–water partition coefficient (Wildman–Crippen LogP) is 2.69. The molecular formula is C17H16N2O5. The van der Waals surface area contributed by atoms with Crippen molar-refractivity contribution in [2.75, 3.05) is 10.6 Å². The van der Waals surface area contributed by atoms with E-state index in [0.717, 1.165) is 6.07 Å². The van der Waals surface area contributed by atoms with Crippen LogP contribution < -0.4 is 10.6 Å². The van der Waals surface area contributed by atoms with E-state index in [1.807, 2.05) is 0 Å². The second-order valence-electron chi connectivity index (χ2n) is 4.97. The fourth-order valence-corrected chi connectivity index (χ4v) is 1.95. The summed E-state index contributed by atoms with van der Waals surface area (Å²) in [7, 11) is 0. The zero-order valence-electron chi connectivity index (χ0n) is 12.9. The first-order valence-corrected chi connectivity index (χ1v) is 7.18. The molecule has 4 N–H and O–H groups in total. The van der Waals surface area contributed by atoms with Crippen LogP contribution in [0.25, 0.3) is 0 Å². The van der Waals surface area contributed by atoms with Crippen molar-refractivity contribution in [2.24, 2.45) is 0 Å². The molecule has 0 spiro atoms. The van der Waals surface area contributed by atoms with E-state index >= 15 is 0 Å². The highest BCUT2D eigenvalue weighted by Gasteiger charge is 2.12. The Hall–Kier alpha value is -3.35. The summed E-state index contributed by atoms with van der Waals surface area (Å²) in [5, 5.41) is 23.7. The van der Waals surface area contributed by atoms with Crippen molar-refractivity contribution in [3.05, 3.63) is 53.6 Å². The van der Waals surface area contributed by atoms with Crippen LogP contribution in [-0.2, 0) is 4.79 Å². The lowest BCUT2D eigenvalue weighted by Crippen LogP contribution is -2.13. The largest absolute Gasteiger partial charge is 0.507 e. The van der Waals surface area contributed by atoms with Gasteiger partial charge in [0.2, 0.25) is 5.91 Å². The molecule has 2 amide bonds. The molecule has 2 aromatic carbocycles. The SMILES string of the molecule is CCC(=O)Nc1ccc(C(=O)Nc2ccc(C(=O)O)c(O)c2)cc1. The van der Waals surface area contributed by atoms with Crippen LogP contribution in [0.5, 0.6) is 5.75 Å².